The van der Waals surface area contributed by atoms with Crippen molar-refractivity contribution in [1.29, 1.82) is 0 Å². The average molecular weight is 460 g/mol. The molecule has 174 valence electrons. The molecule has 0 fully saturated rings. The molecule has 33 heavy (non-hydrogen) atoms. The zero-order valence-electron chi connectivity index (χ0n) is 17.9. The predicted octanol–water partition coefficient (Wildman–Crippen LogP) is 4.86. The van der Waals surface area contributed by atoms with Crippen LogP contribution in [0.1, 0.15) is 53.0 Å². The molecule has 1 aliphatic heterocycles. The standard InChI is InChI=1S/C23H23F3N4O3/c1-13(31)14-5-3-7-16(9-14)28-22(32)18-12-27-30-20(23(24,25)26)11-19(29-21(18)30)15-6-4-8-17(10-15)33-2/h3-10,12-13,19-20,29,31H,11H2,1-2H3,(H,28,32)/t13-,19-,20+/m0/s1. The minimum Gasteiger partial charge on any atom is -0.497 e. The molecule has 1 amide bonds. The van der Waals surface area contributed by atoms with Gasteiger partial charge in [0.1, 0.15) is 17.1 Å². The van der Waals surface area contributed by atoms with E-state index in [4.69, 9.17) is 4.74 Å². The Kier molecular flexibility index (Phi) is 6.03. The fourth-order valence-corrected chi connectivity index (χ4v) is 3.88. The minimum atomic E-state index is -4.56. The number of methoxy groups -OCH3 is 1. The van der Waals surface area contributed by atoms with E-state index >= 15 is 0 Å². The zero-order chi connectivity index (χ0) is 23.8. The highest BCUT2D eigenvalue weighted by Gasteiger charge is 2.47. The second-order valence-corrected chi connectivity index (χ2v) is 7.87. The molecule has 0 aliphatic carbocycles. The molecule has 7 nitrogen and oxygen atoms in total. The smallest absolute Gasteiger partial charge is 0.410 e. The largest absolute Gasteiger partial charge is 0.497 e. The maximum atomic E-state index is 13.9. The third-order valence-electron chi connectivity index (χ3n) is 5.61. The number of ether oxygens (including phenoxy) is 1. The lowest BCUT2D eigenvalue weighted by molar-refractivity contribution is -0.173. The summed E-state index contributed by atoms with van der Waals surface area (Å²) in [5.74, 6) is -0.104. The fraction of sp³-hybridized carbons (Fsp3) is 0.304. The summed E-state index contributed by atoms with van der Waals surface area (Å²) >= 11 is 0. The number of hydrogen-bond donors (Lipinski definition) is 3. The van der Waals surface area contributed by atoms with Crippen LogP contribution in [-0.2, 0) is 0 Å². The molecule has 2 aromatic carbocycles. The van der Waals surface area contributed by atoms with Gasteiger partial charge in [0, 0.05) is 12.1 Å². The summed E-state index contributed by atoms with van der Waals surface area (Å²) < 4.78 is 47.7. The van der Waals surface area contributed by atoms with Crippen LogP contribution in [0, 0.1) is 0 Å². The van der Waals surface area contributed by atoms with Crippen molar-refractivity contribution >= 4 is 17.4 Å². The van der Waals surface area contributed by atoms with E-state index in [0.717, 1.165) is 10.9 Å². The van der Waals surface area contributed by atoms with Gasteiger partial charge >= 0.3 is 6.18 Å². The molecular formula is C23H23F3N4O3. The second kappa shape index (κ2) is 8.78. The van der Waals surface area contributed by atoms with E-state index < -0.39 is 30.3 Å². The van der Waals surface area contributed by atoms with Gasteiger partial charge in [0.25, 0.3) is 5.91 Å². The van der Waals surface area contributed by atoms with Gasteiger partial charge in [0.2, 0.25) is 0 Å². The average Bonchev–Trinajstić information content (AvgIpc) is 3.22. The molecule has 3 aromatic rings. The van der Waals surface area contributed by atoms with Crippen molar-refractivity contribution in [3.05, 3.63) is 71.4 Å². The summed E-state index contributed by atoms with van der Waals surface area (Å²) in [6.07, 6.45) is -4.45. The normalized spacial score (nSPS) is 18.7. The summed E-state index contributed by atoms with van der Waals surface area (Å²) in [5, 5.41) is 19.4. The lowest BCUT2D eigenvalue weighted by Crippen LogP contribution is -2.36. The summed E-state index contributed by atoms with van der Waals surface area (Å²) in [6.45, 7) is 1.59. The quantitative estimate of drug-likeness (QED) is 0.506. The number of aromatic nitrogens is 2. The van der Waals surface area contributed by atoms with Gasteiger partial charge in [-0.15, -0.1) is 0 Å². The number of amides is 1. The van der Waals surface area contributed by atoms with Crippen LogP contribution >= 0.6 is 0 Å². The Morgan fingerprint density at radius 3 is 2.73 bits per heavy atom. The first-order chi connectivity index (χ1) is 15.7. The monoisotopic (exact) mass is 460 g/mol. The maximum Gasteiger partial charge on any atom is 0.410 e. The number of aliphatic hydroxyl groups excluding tert-OH is 1. The van der Waals surface area contributed by atoms with Crippen molar-refractivity contribution in [3.63, 3.8) is 0 Å². The van der Waals surface area contributed by atoms with Crippen molar-refractivity contribution < 1.29 is 27.8 Å². The lowest BCUT2D eigenvalue weighted by atomic mass is 9.96. The van der Waals surface area contributed by atoms with E-state index in [2.05, 4.69) is 15.7 Å². The highest BCUT2D eigenvalue weighted by Crippen LogP contribution is 2.44. The molecular weight excluding hydrogens is 437 g/mol. The Balaban J connectivity index is 1.67. The van der Waals surface area contributed by atoms with Crippen molar-refractivity contribution in [2.45, 2.75) is 37.7 Å². The highest BCUT2D eigenvalue weighted by atomic mass is 19.4. The third-order valence-corrected chi connectivity index (χ3v) is 5.61. The van der Waals surface area contributed by atoms with Crippen LogP contribution in [0.2, 0.25) is 0 Å². The molecule has 0 radical (unpaired) electrons. The summed E-state index contributed by atoms with van der Waals surface area (Å²) in [4.78, 5) is 13.0. The molecule has 1 aliphatic rings. The molecule has 0 spiro atoms. The molecule has 0 unspecified atom stereocenters. The van der Waals surface area contributed by atoms with Gasteiger partial charge in [-0.2, -0.15) is 18.3 Å². The van der Waals surface area contributed by atoms with Crippen molar-refractivity contribution in [3.8, 4) is 5.75 Å². The molecule has 2 heterocycles. The number of halogens is 3. The van der Waals surface area contributed by atoms with Crippen LogP contribution in [0.3, 0.4) is 0 Å². The van der Waals surface area contributed by atoms with Crippen LogP contribution in [0.5, 0.6) is 5.75 Å². The number of anilines is 2. The van der Waals surface area contributed by atoms with E-state index in [1.54, 1.807) is 55.5 Å². The van der Waals surface area contributed by atoms with Gasteiger partial charge in [-0.05, 0) is 42.3 Å². The summed E-state index contributed by atoms with van der Waals surface area (Å²) in [5.41, 5.74) is 1.59. The fourth-order valence-electron chi connectivity index (χ4n) is 3.88. The van der Waals surface area contributed by atoms with Crippen LogP contribution in [0.15, 0.2) is 54.7 Å². The predicted molar refractivity (Wildman–Crippen MR) is 116 cm³/mol. The van der Waals surface area contributed by atoms with Crippen LogP contribution in [-0.4, -0.2) is 34.1 Å². The molecule has 1 aromatic heterocycles. The SMILES string of the molecule is COc1cccc([C@@H]2C[C@H](C(F)(F)F)n3ncc(C(=O)Nc4cccc([C@H](C)O)c4)c3N2)c1. The van der Waals surface area contributed by atoms with Crippen LogP contribution < -0.4 is 15.4 Å². The number of hydrogen-bond acceptors (Lipinski definition) is 5. The lowest BCUT2D eigenvalue weighted by Gasteiger charge is -2.34. The van der Waals surface area contributed by atoms with Gasteiger partial charge in [-0.25, -0.2) is 4.68 Å². The zero-order valence-corrected chi connectivity index (χ0v) is 17.9. The minimum absolute atomic E-state index is 0.0134. The topological polar surface area (TPSA) is 88.4 Å². The van der Waals surface area contributed by atoms with Crippen molar-refractivity contribution in [2.75, 3.05) is 17.7 Å². The Morgan fingerprint density at radius 2 is 2.03 bits per heavy atom. The third kappa shape index (κ3) is 4.65. The first-order valence-electron chi connectivity index (χ1n) is 10.3. The number of carbonyl (C=O) groups is 1. The van der Waals surface area contributed by atoms with Gasteiger partial charge in [-0.1, -0.05) is 24.3 Å². The number of carbonyl (C=O) groups excluding carboxylic acids is 1. The van der Waals surface area contributed by atoms with E-state index in [-0.39, 0.29) is 17.8 Å². The van der Waals surface area contributed by atoms with E-state index in [1.165, 1.54) is 7.11 Å². The van der Waals surface area contributed by atoms with Gasteiger partial charge < -0.3 is 20.5 Å². The Bertz CT molecular complexity index is 1160. The Hall–Kier alpha value is -3.53. The van der Waals surface area contributed by atoms with E-state index in [1.807, 2.05) is 0 Å². The van der Waals surface area contributed by atoms with Gasteiger partial charge in [0.15, 0.2) is 6.04 Å². The summed E-state index contributed by atoms with van der Waals surface area (Å²) in [6, 6.07) is 10.8. The summed E-state index contributed by atoms with van der Waals surface area (Å²) in [7, 11) is 1.48. The molecule has 0 bridgehead atoms. The molecule has 10 heteroatoms. The molecule has 3 N–H and O–H groups in total. The van der Waals surface area contributed by atoms with Crippen molar-refractivity contribution in [1.82, 2.24) is 9.78 Å². The van der Waals surface area contributed by atoms with Gasteiger partial charge in [-0.3, -0.25) is 4.79 Å². The number of rotatable bonds is 5. The van der Waals surface area contributed by atoms with E-state index in [0.29, 0.717) is 22.6 Å². The van der Waals surface area contributed by atoms with Crippen LogP contribution in [0.4, 0.5) is 24.7 Å². The first kappa shape index (κ1) is 22.7. The van der Waals surface area contributed by atoms with E-state index in [9.17, 15) is 23.1 Å². The number of nitrogens with zero attached hydrogens (tertiary/aromatic N) is 2. The number of alkyl halides is 3. The highest BCUT2D eigenvalue weighted by molar-refractivity contribution is 6.07. The number of fused-ring (bicyclic) bond motifs is 1. The molecule has 0 saturated carbocycles. The second-order valence-electron chi connectivity index (χ2n) is 7.87. The number of aliphatic hydroxyl groups is 1. The molecule has 4 rings (SSSR count). The Morgan fingerprint density at radius 1 is 1.27 bits per heavy atom. The Labute approximate surface area is 188 Å². The number of nitrogens with one attached hydrogen (secondary N) is 2. The van der Waals surface area contributed by atoms with Crippen LogP contribution in [0.25, 0.3) is 0 Å². The number of benzene rings is 2. The first-order valence-corrected chi connectivity index (χ1v) is 10.3. The van der Waals surface area contributed by atoms with Crippen molar-refractivity contribution in [2.24, 2.45) is 0 Å². The van der Waals surface area contributed by atoms with Gasteiger partial charge in [0.05, 0.1) is 25.5 Å². The molecule has 0 saturated heterocycles. The molecule has 3 atom stereocenters. The maximum absolute atomic E-state index is 13.9.